The molecule has 1 rings (SSSR count). The molecule has 3 N–H and O–H groups in total. The predicted molar refractivity (Wildman–Crippen MR) is 67.8 cm³/mol. The van der Waals surface area contributed by atoms with E-state index in [9.17, 15) is 25.3 Å². The highest BCUT2D eigenvalue weighted by Crippen LogP contribution is 2.39. The van der Waals surface area contributed by atoms with Crippen LogP contribution in [0.3, 0.4) is 0 Å². The SMILES string of the molecule is O=[N+]([O-])c1cc(N(CCO)CCO)c(O)c([N+](=O)[O-])c1. The van der Waals surface area contributed by atoms with Gasteiger partial charge < -0.3 is 20.2 Å². The van der Waals surface area contributed by atoms with Crippen LogP contribution in [0, 0.1) is 20.2 Å². The van der Waals surface area contributed by atoms with Crippen molar-refractivity contribution < 1.29 is 25.2 Å². The lowest BCUT2D eigenvalue weighted by atomic mass is 10.2. The zero-order valence-corrected chi connectivity index (χ0v) is 10.3. The lowest BCUT2D eigenvalue weighted by Gasteiger charge is -2.23. The summed E-state index contributed by atoms with van der Waals surface area (Å²) in [6.07, 6.45) is 0. The number of nitrogens with zero attached hydrogens (tertiary/aromatic N) is 3. The number of hydrogen-bond donors (Lipinski definition) is 3. The minimum atomic E-state index is -0.943. The summed E-state index contributed by atoms with van der Waals surface area (Å²) in [7, 11) is 0. The molecule has 0 fully saturated rings. The number of aromatic hydroxyl groups is 1. The molecule has 0 radical (unpaired) electrons. The Morgan fingerprint density at radius 2 is 1.60 bits per heavy atom. The standard InChI is InChI=1S/C10H13N3O7/c14-3-1-11(2-4-15)8-5-7(12(17)18)6-9(10(8)16)13(19)20/h5-6,14-16H,1-4H2. The van der Waals surface area contributed by atoms with E-state index in [-0.39, 0.29) is 32.0 Å². The molecule has 0 spiro atoms. The summed E-state index contributed by atoms with van der Waals surface area (Å²) >= 11 is 0. The van der Waals surface area contributed by atoms with E-state index >= 15 is 0 Å². The quantitative estimate of drug-likeness (QED) is 0.468. The van der Waals surface area contributed by atoms with Gasteiger partial charge in [0.1, 0.15) is 0 Å². The summed E-state index contributed by atoms with van der Waals surface area (Å²) in [6, 6.07) is 1.60. The van der Waals surface area contributed by atoms with Gasteiger partial charge in [-0.3, -0.25) is 20.2 Å². The molecule has 0 aliphatic heterocycles. The van der Waals surface area contributed by atoms with Gasteiger partial charge in [0.2, 0.25) is 5.75 Å². The van der Waals surface area contributed by atoms with Crippen molar-refractivity contribution >= 4 is 17.1 Å². The van der Waals surface area contributed by atoms with E-state index in [1.165, 1.54) is 4.90 Å². The lowest BCUT2D eigenvalue weighted by molar-refractivity contribution is -0.394. The molecule has 0 bridgehead atoms. The molecule has 1 aromatic carbocycles. The molecular weight excluding hydrogens is 274 g/mol. The first-order chi connectivity index (χ1) is 9.42. The van der Waals surface area contributed by atoms with Gasteiger partial charge in [0.05, 0.1) is 34.8 Å². The van der Waals surface area contributed by atoms with Gasteiger partial charge in [0.25, 0.3) is 5.69 Å². The second-order valence-corrected chi connectivity index (χ2v) is 3.78. The number of aliphatic hydroxyl groups is 2. The Morgan fingerprint density at radius 3 is 2.00 bits per heavy atom. The lowest BCUT2D eigenvalue weighted by Crippen LogP contribution is -2.29. The zero-order chi connectivity index (χ0) is 15.3. The second kappa shape index (κ2) is 6.63. The van der Waals surface area contributed by atoms with Gasteiger partial charge in [-0.25, -0.2) is 0 Å². The summed E-state index contributed by atoms with van der Waals surface area (Å²) in [6.45, 7) is -0.801. The van der Waals surface area contributed by atoms with Crippen LogP contribution in [0.15, 0.2) is 12.1 Å². The summed E-state index contributed by atoms with van der Waals surface area (Å²) in [4.78, 5) is 21.0. The fourth-order valence-corrected chi connectivity index (χ4v) is 1.67. The van der Waals surface area contributed by atoms with Crippen LogP contribution in [0.25, 0.3) is 0 Å². The van der Waals surface area contributed by atoms with Crippen molar-refractivity contribution in [3.05, 3.63) is 32.4 Å². The maximum Gasteiger partial charge on any atom is 0.319 e. The molecule has 0 amide bonds. The van der Waals surface area contributed by atoms with Gasteiger partial charge in [-0.2, -0.15) is 0 Å². The molecule has 0 atom stereocenters. The Kier molecular flexibility index (Phi) is 5.17. The number of phenols is 1. The highest BCUT2D eigenvalue weighted by molar-refractivity contribution is 5.71. The Balaban J connectivity index is 3.41. The van der Waals surface area contributed by atoms with Crippen LogP contribution in [-0.2, 0) is 0 Å². The van der Waals surface area contributed by atoms with Gasteiger partial charge in [-0.1, -0.05) is 0 Å². The maximum absolute atomic E-state index is 10.8. The number of nitro benzene ring substituents is 2. The molecule has 0 aliphatic carbocycles. The van der Waals surface area contributed by atoms with E-state index in [1.54, 1.807) is 0 Å². The average molecular weight is 287 g/mol. The summed E-state index contributed by atoms with van der Waals surface area (Å²) in [5.74, 6) is -0.748. The summed E-state index contributed by atoms with van der Waals surface area (Å²) in [5, 5.41) is 49.2. The van der Waals surface area contributed by atoms with Gasteiger partial charge in [0, 0.05) is 19.2 Å². The highest BCUT2D eigenvalue weighted by atomic mass is 16.6. The molecule has 20 heavy (non-hydrogen) atoms. The topological polar surface area (TPSA) is 150 Å². The molecule has 1 aromatic rings. The minimum absolute atomic E-state index is 0.0492. The first-order valence-electron chi connectivity index (χ1n) is 5.54. The Morgan fingerprint density at radius 1 is 1.05 bits per heavy atom. The van der Waals surface area contributed by atoms with Crippen molar-refractivity contribution in [2.75, 3.05) is 31.2 Å². The number of nitro groups is 2. The largest absolute Gasteiger partial charge is 0.501 e. The predicted octanol–water partition coefficient (Wildman–Crippen LogP) is -0.000400. The fraction of sp³-hybridized carbons (Fsp3) is 0.400. The third-order valence-corrected chi connectivity index (χ3v) is 2.54. The zero-order valence-electron chi connectivity index (χ0n) is 10.3. The van der Waals surface area contributed by atoms with E-state index < -0.39 is 27.0 Å². The van der Waals surface area contributed by atoms with Crippen LogP contribution in [0.4, 0.5) is 17.1 Å². The fourth-order valence-electron chi connectivity index (χ4n) is 1.67. The Bertz CT molecular complexity index is 514. The number of anilines is 1. The molecule has 110 valence electrons. The number of rotatable bonds is 7. The van der Waals surface area contributed by atoms with Crippen molar-refractivity contribution in [2.24, 2.45) is 0 Å². The average Bonchev–Trinajstić information content (AvgIpc) is 2.38. The highest BCUT2D eigenvalue weighted by Gasteiger charge is 2.26. The Hall–Kier alpha value is -2.46. The number of benzene rings is 1. The molecule has 0 unspecified atom stereocenters. The first-order valence-corrected chi connectivity index (χ1v) is 5.54. The number of phenolic OH excluding ortho intramolecular Hbond substituents is 1. The van der Waals surface area contributed by atoms with Crippen LogP contribution < -0.4 is 4.90 Å². The normalized spacial score (nSPS) is 10.3. The molecule has 0 aliphatic rings. The molecule has 10 heteroatoms. The van der Waals surface area contributed by atoms with Crippen molar-refractivity contribution in [1.29, 1.82) is 0 Å². The first kappa shape index (κ1) is 15.6. The van der Waals surface area contributed by atoms with Crippen molar-refractivity contribution in [1.82, 2.24) is 0 Å². The third kappa shape index (κ3) is 3.30. The molecule has 0 saturated heterocycles. The van der Waals surface area contributed by atoms with E-state index in [1.807, 2.05) is 0 Å². The molecule has 10 nitrogen and oxygen atoms in total. The van der Waals surface area contributed by atoms with Crippen LogP contribution in [0.1, 0.15) is 0 Å². The maximum atomic E-state index is 10.8. The van der Waals surface area contributed by atoms with Gasteiger partial charge >= 0.3 is 5.69 Å². The minimum Gasteiger partial charge on any atom is -0.501 e. The van der Waals surface area contributed by atoms with Gasteiger partial charge in [-0.15, -0.1) is 0 Å². The molecule has 0 heterocycles. The monoisotopic (exact) mass is 287 g/mol. The van der Waals surface area contributed by atoms with Crippen LogP contribution in [0.5, 0.6) is 5.75 Å². The van der Waals surface area contributed by atoms with Crippen molar-refractivity contribution in [2.45, 2.75) is 0 Å². The number of non-ortho nitro benzene ring substituents is 1. The van der Waals surface area contributed by atoms with Crippen molar-refractivity contribution in [3.8, 4) is 5.75 Å². The van der Waals surface area contributed by atoms with Crippen LogP contribution in [-0.4, -0.2) is 51.5 Å². The van der Waals surface area contributed by atoms with E-state index in [4.69, 9.17) is 10.2 Å². The molecule has 0 aromatic heterocycles. The van der Waals surface area contributed by atoms with E-state index in [0.29, 0.717) is 6.07 Å². The van der Waals surface area contributed by atoms with Crippen molar-refractivity contribution in [3.63, 3.8) is 0 Å². The smallest absolute Gasteiger partial charge is 0.319 e. The van der Waals surface area contributed by atoms with Gasteiger partial charge in [0.15, 0.2) is 0 Å². The van der Waals surface area contributed by atoms with Crippen LogP contribution >= 0.6 is 0 Å². The Labute approximate surface area is 112 Å². The number of hydrogen-bond acceptors (Lipinski definition) is 8. The summed E-state index contributed by atoms with van der Waals surface area (Å²) in [5.41, 5.74) is -1.56. The second-order valence-electron chi connectivity index (χ2n) is 3.78. The van der Waals surface area contributed by atoms with Gasteiger partial charge in [-0.05, 0) is 0 Å². The third-order valence-electron chi connectivity index (χ3n) is 2.54. The number of aliphatic hydroxyl groups excluding tert-OH is 2. The summed E-state index contributed by atoms with van der Waals surface area (Å²) < 4.78 is 0. The molecular formula is C10H13N3O7. The molecule has 0 saturated carbocycles. The van der Waals surface area contributed by atoms with E-state index in [0.717, 1.165) is 6.07 Å². The van der Waals surface area contributed by atoms with Crippen LogP contribution in [0.2, 0.25) is 0 Å². The van der Waals surface area contributed by atoms with E-state index in [2.05, 4.69) is 0 Å².